The van der Waals surface area contributed by atoms with E-state index in [9.17, 15) is 4.79 Å². The number of carbonyl (C=O) groups is 1. The van der Waals surface area contributed by atoms with Gasteiger partial charge in [0, 0.05) is 32.0 Å². The first kappa shape index (κ1) is 12.3. The smallest absolute Gasteiger partial charge is 0.315 e. The maximum absolute atomic E-state index is 11.1. The third-order valence-electron chi connectivity index (χ3n) is 2.09. The van der Waals surface area contributed by atoms with Crippen LogP contribution in [-0.2, 0) is 6.54 Å². The highest BCUT2D eigenvalue weighted by molar-refractivity contribution is 5.73. The van der Waals surface area contributed by atoms with E-state index >= 15 is 0 Å². The third-order valence-corrected chi connectivity index (χ3v) is 2.09. The number of nitrogens with one attached hydrogen (secondary N) is 2. The summed E-state index contributed by atoms with van der Waals surface area (Å²) in [6, 6.07) is -0.137. The lowest BCUT2D eigenvalue weighted by molar-refractivity contribution is 0.241. The van der Waals surface area contributed by atoms with E-state index in [-0.39, 0.29) is 6.03 Å². The maximum Gasteiger partial charge on any atom is 0.315 e. The molecule has 88 valence electrons. The van der Waals surface area contributed by atoms with Crippen molar-refractivity contribution in [1.82, 2.24) is 20.2 Å². The second-order valence-corrected chi connectivity index (χ2v) is 3.43. The Hall–Kier alpha value is -1.78. The molecule has 0 unspecified atom stereocenters. The van der Waals surface area contributed by atoms with Crippen LogP contribution in [0.5, 0.6) is 0 Å². The largest absolute Gasteiger partial charge is 0.338 e. The van der Waals surface area contributed by atoms with Gasteiger partial charge in [0.2, 0.25) is 0 Å². The van der Waals surface area contributed by atoms with Gasteiger partial charge in [-0.2, -0.15) is 0 Å². The lowest BCUT2D eigenvalue weighted by atomic mass is 10.3. The van der Waals surface area contributed by atoms with Crippen molar-refractivity contribution in [3.05, 3.63) is 31.4 Å². The topological polar surface area (TPSA) is 59.0 Å². The van der Waals surface area contributed by atoms with Crippen LogP contribution in [0.2, 0.25) is 0 Å². The second-order valence-electron chi connectivity index (χ2n) is 3.43. The van der Waals surface area contributed by atoms with Crippen LogP contribution in [0.25, 0.3) is 0 Å². The summed E-state index contributed by atoms with van der Waals surface area (Å²) in [5, 5.41) is 5.43. The maximum atomic E-state index is 11.1. The van der Waals surface area contributed by atoms with Crippen LogP contribution in [0.15, 0.2) is 31.4 Å². The lowest BCUT2D eigenvalue weighted by Gasteiger charge is -2.05. The molecular weight excluding hydrogens is 204 g/mol. The molecule has 0 aliphatic rings. The highest BCUT2D eigenvalue weighted by Crippen LogP contribution is 1.93. The number of rotatable bonds is 7. The first-order valence-corrected chi connectivity index (χ1v) is 5.41. The summed E-state index contributed by atoms with van der Waals surface area (Å²) in [5.41, 5.74) is 0. The summed E-state index contributed by atoms with van der Waals surface area (Å²) in [7, 11) is 0. The fourth-order valence-electron chi connectivity index (χ4n) is 1.27. The molecule has 0 saturated heterocycles. The average Bonchev–Trinajstić information content (AvgIpc) is 2.79. The molecule has 5 heteroatoms. The Kier molecular flexibility index (Phi) is 5.76. The molecule has 2 N–H and O–H groups in total. The summed E-state index contributed by atoms with van der Waals surface area (Å²) >= 11 is 0. The van der Waals surface area contributed by atoms with Gasteiger partial charge in [0.25, 0.3) is 0 Å². The van der Waals surface area contributed by atoms with Gasteiger partial charge in [-0.25, -0.2) is 9.78 Å². The number of unbranched alkanes of at least 4 members (excludes halogenated alkanes) is 1. The van der Waals surface area contributed by atoms with Crippen LogP contribution >= 0.6 is 0 Å². The van der Waals surface area contributed by atoms with Crippen molar-refractivity contribution in [2.75, 3.05) is 13.1 Å². The Bertz CT molecular complexity index is 308. The van der Waals surface area contributed by atoms with Gasteiger partial charge in [-0.3, -0.25) is 0 Å². The van der Waals surface area contributed by atoms with Crippen molar-refractivity contribution in [1.29, 1.82) is 0 Å². The van der Waals surface area contributed by atoms with Gasteiger partial charge < -0.3 is 15.2 Å². The Morgan fingerprint density at radius 1 is 1.44 bits per heavy atom. The van der Waals surface area contributed by atoms with Crippen molar-refractivity contribution >= 4 is 6.03 Å². The standard InChI is InChI=1S/C11H18N4O/c1-2-5-13-11(16)14-6-3-4-8-15-9-7-12-10-15/h2,7,9-10H,1,3-6,8H2,(H2,13,14,16). The molecule has 0 fully saturated rings. The minimum absolute atomic E-state index is 0.137. The molecule has 0 spiro atoms. The zero-order valence-electron chi connectivity index (χ0n) is 9.35. The molecule has 2 amide bonds. The highest BCUT2D eigenvalue weighted by Gasteiger charge is 1.96. The van der Waals surface area contributed by atoms with Gasteiger partial charge in [-0.15, -0.1) is 6.58 Å². The number of nitrogens with zero attached hydrogens (tertiary/aromatic N) is 2. The van der Waals surface area contributed by atoms with E-state index in [4.69, 9.17) is 0 Å². The number of urea groups is 1. The summed E-state index contributed by atoms with van der Waals surface area (Å²) < 4.78 is 2.03. The predicted molar refractivity (Wildman–Crippen MR) is 63.1 cm³/mol. The van der Waals surface area contributed by atoms with Gasteiger partial charge in [0.05, 0.1) is 6.33 Å². The first-order valence-electron chi connectivity index (χ1n) is 5.41. The van der Waals surface area contributed by atoms with Gasteiger partial charge in [-0.1, -0.05) is 6.08 Å². The molecule has 16 heavy (non-hydrogen) atoms. The number of amides is 2. The Morgan fingerprint density at radius 3 is 3.00 bits per heavy atom. The van der Waals surface area contributed by atoms with E-state index < -0.39 is 0 Å². The zero-order chi connectivity index (χ0) is 11.6. The van der Waals surface area contributed by atoms with Crippen LogP contribution in [0.4, 0.5) is 4.79 Å². The number of aromatic nitrogens is 2. The molecule has 0 bridgehead atoms. The predicted octanol–water partition coefficient (Wildman–Crippen LogP) is 1.15. The van der Waals surface area contributed by atoms with Gasteiger partial charge in [0.1, 0.15) is 0 Å². The van der Waals surface area contributed by atoms with Crippen LogP contribution < -0.4 is 10.6 Å². The van der Waals surface area contributed by atoms with Crippen molar-refractivity contribution < 1.29 is 4.79 Å². The Labute approximate surface area is 95.6 Å². The summed E-state index contributed by atoms with van der Waals surface area (Å²) in [6.45, 7) is 5.65. The fourth-order valence-corrected chi connectivity index (χ4v) is 1.27. The second kappa shape index (κ2) is 7.50. The molecule has 0 saturated carbocycles. The van der Waals surface area contributed by atoms with Crippen molar-refractivity contribution in [2.24, 2.45) is 0 Å². The molecule has 0 aliphatic carbocycles. The van der Waals surface area contributed by atoms with Gasteiger partial charge in [0.15, 0.2) is 0 Å². The molecule has 5 nitrogen and oxygen atoms in total. The van der Waals surface area contributed by atoms with Crippen LogP contribution in [0, 0.1) is 0 Å². The number of aryl methyl sites for hydroxylation is 1. The summed E-state index contributed by atoms with van der Waals surface area (Å²) in [6.07, 6.45) is 9.13. The van der Waals surface area contributed by atoms with Gasteiger partial charge in [-0.05, 0) is 12.8 Å². The van der Waals surface area contributed by atoms with E-state index in [1.807, 2.05) is 10.8 Å². The minimum atomic E-state index is -0.137. The van der Waals surface area contributed by atoms with Crippen LogP contribution in [0.1, 0.15) is 12.8 Å². The van der Waals surface area contributed by atoms with E-state index in [1.54, 1.807) is 18.6 Å². The Morgan fingerprint density at radius 2 is 2.31 bits per heavy atom. The molecule has 1 aromatic heterocycles. The van der Waals surface area contributed by atoms with Crippen LogP contribution in [-0.4, -0.2) is 28.7 Å². The van der Waals surface area contributed by atoms with E-state index in [0.29, 0.717) is 13.1 Å². The lowest BCUT2D eigenvalue weighted by Crippen LogP contribution is -2.36. The minimum Gasteiger partial charge on any atom is -0.338 e. The third kappa shape index (κ3) is 5.19. The van der Waals surface area contributed by atoms with Gasteiger partial charge >= 0.3 is 6.03 Å². The molecule has 0 atom stereocenters. The summed E-state index contributed by atoms with van der Waals surface area (Å²) in [4.78, 5) is 15.1. The molecule has 0 aromatic carbocycles. The number of hydrogen-bond acceptors (Lipinski definition) is 2. The number of hydrogen-bond donors (Lipinski definition) is 2. The first-order chi connectivity index (χ1) is 7.83. The highest BCUT2D eigenvalue weighted by atomic mass is 16.2. The summed E-state index contributed by atoms with van der Waals surface area (Å²) in [5.74, 6) is 0. The monoisotopic (exact) mass is 222 g/mol. The van der Waals surface area contributed by atoms with Crippen LogP contribution in [0.3, 0.4) is 0 Å². The number of carbonyl (C=O) groups excluding carboxylic acids is 1. The normalized spacial score (nSPS) is 9.75. The van der Waals surface area contributed by atoms with E-state index in [2.05, 4.69) is 22.2 Å². The molecule has 0 radical (unpaired) electrons. The molecule has 1 heterocycles. The average molecular weight is 222 g/mol. The van der Waals surface area contributed by atoms with E-state index in [0.717, 1.165) is 19.4 Å². The zero-order valence-corrected chi connectivity index (χ0v) is 9.35. The molecule has 0 aliphatic heterocycles. The fraction of sp³-hybridized carbons (Fsp3) is 0.455. The quantitative estimate of drug-likeness (QED) is 0.537. The van der Waals surface area contributed by atoms with Crippen molar-refractivity contribution in [3.8, 4) is 0 Å². The SMILES string of the molecule is C=CCNC(=O)NCCCCn1ccnc1. The molecule has 1 rings (SSSR count). The Balaban J connectivity index is 1.95. The number of imidazole rings is 1. The molecular formula is C11H18N4O. The van der Waals surface area contributed by atoms with E-state index in [1.165, 1.54) is 0 Å². The molecule has 1 aromatic rings. The van der Waals surface area contributed by atoms with Crippen molar-refractivity contribution in [2.45, 2.75) is 19.4 Å². The van der Waals surface area contributed by atoms with Crippen molar-refractivity contribution in [3.63, 3.8) is 0 Å².